The highest BCUT2D eigenvalue weighted by Crippen LogP contribution is 2.59. The second-order valence-electron chi connectivity index (χ2n) is 6.70. The third-order valence-electron chi connectivity index (χ3n) is 4.84. The zero-order valence-corrected chi connectivity index (χ0v) is 16.9. The van der Waals surface area contributed by atoms with Crippen LogP contribution in [-0.2, 0) is 0 Å². The summed E-state index contributed by atoms with van der Waals surface area (Å²) in [6, 6.07) is 8.53. The summed E-state index contributed by atoms with van der Waals surface area (Å²) < 4.78 is -0.758. The van der Waals surface area contributed by atoms with Crippen molar-refractivity contribution >= 4 is 40.7 Å². The van der Waals surface area contributed by atoms with Gasteiger partial charge in [-0.05, 0) is 51.2 Å². The van der Waals surface area contributed by atoms with Crippen molar-refractivity contribution in [3.8, 4) is 0 Å². The van der Waals surface area contributed by atoms with Gasteiger partial charge in [0, 0.05) is 24.1 Å². The number of halogens is 2. The molecule has 3 atom stereocenters. The Morgan fingerprint density at radius 3 is 2.64 bits per heavy atom. The summed E-state index contributed by atoms with van der Waals surface area (Å²) in [6.45, 7) is 0.936. The molecule has 25 heavy (non-hydrogen) atoms. The summed E-state index contributed by atoms with van der Waals surface area (Å²) in [4.78, 5) is 4.71. The Balaban J connectivity index is 2.02. The van der Waals surface area contributed by atoms with Gasteiger partial charge in [0.1, 0.15) is 0 Å². The van der Waals surface area contributed by atoms with E-state index >= 15 is 0 Å². The number of para-hydroxylation sites is 1. The molecule has 136 valence electrons. The van der Waals surface area contributed by atoms with Crippen LogP contribution in [0.3, 0.4) is 0 Å². The van der Waals surface area contributed by atoms with Crippen LogP contribution in [0.4, 0.5) is 5.69 Å². The summed E-state index contributed by atoms with van der Waals surface area (Å²) in [5, 5.41) is 9.24. The van der Waals surface area contributed by atoms with Crippen LogP contribution in [0.1, 0.15) is 12.8 Å². The highest BCUT2D eigenvalue weighted by molar-refractivity contribution is 8.02. The third kappa shape index (κ3) is 3.47. The average Bonchev–Trinajstić information content (AvgIpc) is 2.58. The lowest BCUT2D eigenvalue weighted by atomic mass is 10.0. The number of hydrogen-bond donors (Lipinski definition) is 1. The lowest BCUT2D eigenvalue weighted by molar-refractivity contribution is 0.232. The van der Waals surface area contributed by atoms with Crippen molar-refractivity contribution in [2.45, 2.75) is 33.0 Å². The number of likely N-dealkylation sites (N-methyl/N-ethyl adjacent to an activating group) is 1. The van der Waals surface area contributed by atoms with E-state index in [2.05, 4.69) is 36.0 Å². The molecule has 0 saturated carbocycles. The number of allylic oxidation sites excluding steroid dienone is 2. The van der Waals surface area contributed by atoms with E-state index in [1.807, 2.05) is 36.4 Å². The fourth-order valence-corrected chi connectivity index (χ4v) is 5.47. The van der Waals surface area contributed by atoms with Crippen LogP contribution in [0.2, 0.25) is 0 Å². The molecule has 1 aromatic rings. The molecule has 0 aromatic heterocycles. The Bertz CT molecular complexity index is 681. The van der Waals surface area contributed by atoms with Crippen molar-refractivity contribution in [2.75, 3.05) is 32.1 Å². The molecule has 1 aromatic carbocycles. The van der Waals surface area contributed by atoms with Gasteiger partial charge in [-0.25, -0.2) is 0 Å². The molecule has 1 N–H and O–H groups in total. The first-order valence-electron chi connectivity index (χ1n) is 8.49. The molecule has 1 aliphatic carbocycles. The molecule has 0 saturated heterocycles. The normalized spacial score (nSPS) is 28.8. The second kappa shape index (κ2) is 7.53. The number of nitrogens with zero attached hydrogens (tertiary/aromatic N) is 2. The maximum absolute atomic E-state index is 9.24. The van der Waals surface area contributed by atoms with Crippen LogP contribution in [-0.4, -0.2) is 52.5 Å². The van der Waals surface area contributed by atoms with Crippen LogP contribution in [0.25, 0.3) is 0 Å². The number of thioether (sulfide) groups is 1. The number of anilines is 1. The SMILES string of the molecule is CN(C)C(CCCO)CN1c2ccccc2SC2(Cl)C=CC=CC12Cl. The van der Waals surface area contributed by atoms with Crippen molar-refractivity contribution < 1.29 is 5.11 Å². The van der Waals surface area contributed by atoms with Gasteiger partial charge in [-0.15, -0.1) is 0 Å². The molecule has 0 amide bonds. The molecule has 3 unspecified atom stereocenters. The van der Waals surface area contributed by atoms with E-state index in [-0.39, 0.29) is 12.6 Å². The molecule has 3 rings (SSSR count). The number of aliphatic hydroxyl groups excluding tert-OH is 1. The quantitative estimate of drug-likeness (QED) is 0.570. The molecule has 0 fully saturated rings. The van der Waals surface area contributed by atoms with Crippen LogP contribution < -0.4 is 4.90 Å². The Morgan fingerprint density at radius 1 is 1.20 bits per heavy atom. The minimum atomic E-state index is -0.837. The Hall–Kier alpha value is -0.650. The Morgan fingerprint density at radius 2 is 1.92 bits per heavy atom. The standard InChI is InChI=1S/C19H24Cl2N2OS/c1-22(2)15(8-7-13-24)14-23-16-9-3-4-10-17(16)25-19(21)12-6-5-11-18(19,23)20/h3-6,9-12,15,24H,7-8,13-14H2,1-2H3. The van der Waals surface area contributed by atoms with Crippen molar-refractivity contribution in [1.29, 1.82) is 0 Å². The first-order chi connectivity index (χ1) is 11.9. The van der Waals surface area contributed by atoms with Crippen molar-refractivity contribution in [3.63, 3.8) is 0 Å². The third-order valence-corrected chi connectivity index (χ3v) is 7.64. The Labute approximate surface area is 164 Å². The van der Waals surface area contributed by atoms with E-state index < -0.39 is 9.20 Å². The van der Waals surface area contributed by atoms with Gasteiger partial charge in [-0.3, -0.25) is 0 Å². The van der Waals surface area contributed by atoms with Crippen molar-refractivity contribution in [3.05, 3.63) is 48.6 Å². The fraction of sp³-hybridized carbons (Fsp3) is 0.474. The lowest BCUT2D eigenvalue weighted by Crippen LogP contribution is -2.60. The van der Waals surface area contributed by atoms with Gasteiger partial charge in [0.2, 0.25) is 0 Å². The number of benzene rings is 1. The van der Waals surface area contributed by atoms with Gasteiger partial charge >= 0.3 is 0 Å². The number of aliphatic hydroxyl groups is 1. The van der Waals surface area contributed by atoms with Crippen molar-refractivity contribution in [2.24, 2.45) is 0 Å². The average molecular weight is 399 g/mol. The van der Waals surface area contributed by atoms with E-state index in [9.17, 15) is 5.11 Å². The number of rotatable bonds is 6. The predicted octanol–water partition coefficient (Wildman–Crippen LogP) is 4.30. The van der Waals surface area contributed by atoms with E-state index in [0.29, 0.717) is 0 Å². The van der Waals surface area contributed by atoms with Gasteiger partial charge in [-0.1, -0.05) is 59.2 Å². The molecule has 1 heterocycles. The summed E-state index contributed by atoms with van der Waals surface area (Å²) >= 11 is 15.8. The van der Waals surface area contributed by atoms with Gasteiger partial charge in [0.25, 0.3) is 0 Å². The zero-order chi connectivity index (χ0) is 18.1. The maximum Gasteiger partial charge on any atom is 0.166 e. The topological polar surface area (TPSA) is 26.7 Å². The highest BCUT2D eigenvalue weighted by atomic mass is 35.5. The van der Waals surface area contributed by atoms with Gasteiger partial charge < -0.3 is 14.9 Å². The van der Waals surface area contributed by atoms with E-state index in [1.54, 1.807) is 11.8 Å². The molecule has 0 spiro atoms. The molecule has 2 aliphatic rings. The van der Waals surface area contributed by atoms with Gasteiger partial charge in [0.15, 0.2) is 9.20 Å². The Kier molecular flexibility index (Phi) is 5.76. The smallest absolute Gasteiger partial charge is 0.166 e. The first kappa shape index (κ1) is 19.1. The molecule has 0 bridgehead atoms. The predicted molar refractivity (Wildman–Crippen MR) is 109 cm³/mol. The fourth-order valence-electron chi connectivity index (χ4n) is 3.36. The van der Waals surface area contributed by atoms with Crippen LogP contribution in [0, 0.1) is 0 Å². The van der Waals surface area contributed by atoms with Crippen LogP contribution in [0.5, 0.6) is 0 Å². The number of alkyl halides is 2. The lowest BCUT2D eigenvalue weighted by Gasteiger charge is -2.53. The minimum Gasteiger partial charge on any atom is -0.396 e. The molecular formula is C19H24Cl2N2OS. The van der Waals surface area contributed by atoms with Crippen molar-refractivity contribution in [1.82, 2.24) is 4.90 Å². The van der Waals surface area contributed by atoms with Crippen LogP contribution in [0.15, 0.2) is 53.5 Å². The van der Waals surface area contributed by atoms with E-state index in [4.69, 9.17) is 23.2 Å². The monoisotopic (exact) mass is 398 g/mol. The maximum atomic E-state index is 9.24. The molecule has 1 aliphatic heterocycles. The highest BCUT2D eigenvalue weighted by Gasteiger charge is 2.56. The molecular weight excluding hydrogens is 375 g/mol. The summed E-state index contributed by atoms with van der Waals surface area (Å²) in [5.74, 6) is 0. The van der Waals surface area contributed by atoms with E-state index in [0.717, 1.165) is 30.0 Å². The second-order valence-corrected chi connectivity index (χ2v) is 9.38. The van der Waals surface area contributed by atoms with Crippen LogP contribution >= 0.6 is 35.0 Å². The van der Waals surface area contributed by atoms with E-state index in [1.165, 1.54) is 0 Å². The summed E-state index contributed by atoms with van der Waals surface area (Å²) in [6.07, 6.45) is 9.56. The zero-order valence-electron chi connectivity index (χ0n) is 14.5. The minimum absolute atomic E-state index is 0.199. The molecule has 6 heteroatoms. The number of hydrogen-bond acceptors (Lipinski definition) is 4. The first-order valence-corrected chi connectivity index (χ1v) is 10.1. The van der Waals surface area contributed by atoms with Gasteiger partial charge in [0.05, 0.1) is 5.69 Å². The molecule has 3 nitrogen and oxygen atoms in total. The summed E-state index contributed by atoms with van der Waals surface area (Å²) in [5.41, 5.74) is 1.11. The number of fused-ring (bicyclic) bond motifs is 2. The van der Waals surface area contributed by atoms with Gasteiger partial charge in [-0.2, -0.15) is 0 Å². The molecule has 0 radical (unpaired) electrons. The summed E-state index contributed by atoms with van der Waals surface area (Å²) in [7, 11) is 4.14. The largest absolute Gasteiger partial charge is 0.396 e.